The zero-order chi connectivity index (χ0) is 16.2. The van der Waals surface area contributed by atoms with Crippen LogP contribution in [0.25, 0.3) is 0 Å². The fourth-order valence-electron chi connectivity index (χ4n) is 3.63. The van der Waals surface area contributed by atoms with Crippen molar-refractivity contribution >= 4 is 5.91 Å². The van der Waals surface area contributed by atoms with Gasteiger partial charge in [0.15, 0.2) is 11.5 Å². The number of piperidine rings is 1. The van der Waals surface area contributed by atoms with Gasteiger partial charge in [0.25, 0.3) is 5.91 Å². The van der Waals surface area contributed by atoms with E-state index in [2.05, 4.69) is 10.2 Å². The number of likely N-dealkylation sites (tertiary alicyclic amines) is 1. The van der Waals surface area contributed by atoms with Crippen LogP contribution in [0.5, 0.6) is 11.5 Å². The smallest absolute Gasteiger partial charge is 0.251 e. The summed E-state index contributed by atoms with van der Waals surface area (Å²) < 4.78 is 10.7. The molecule has 23 heavy (non-hydrogen) atoms. The summed E-state index contributed by atoms with van der Waals surface area (Å²) in [6, 6.07) is 3.78. The summed E-state index contributed by atoms with van der Waals surface area (Å²) in [5, 5.41) is 3.01. The minimum atomic E-state index is -0.0184. The van der Waals surface area contributed by atoms with Crippen molar-refractivity contribution in [1.29, 1.82) is 0 Å². The molecule has 2 aliphatic rings. The van der Waals surface area contributed by atoms with E-state index in [0.717, 1.165) is 24.1 Å². The van der Waals surface area contributed by atoms with Gasteiger partial charge in [-0.15, -0.1) is 0 Å². The number of methoxy groups -OCH3 is 2. The summed E-state index contributed by atoms with van der Waals surface area (Å²) in [6.07, 6.45) is 5.03. The van der Waals surface area contributed by atoms with Gasteiger partial charge in [-0.1, -0.05) is 6.42 Å². The summed E-state index contributed by atoms with van der Waals surface area (Å²) in [5.74, 6) is 1.63. The Morgan fingerprint density at radius 3 is 2.52 bits per heavy atom. The topological polar surface area (TPSA) is 50.8 Å². The quantitative estimate of drug-likeness (QED) is 0.906. The first kappa shape index (κ1) is 16.1. The predicted octanol–water partition coefficient (Wildman–Crippen LogP) is 2.41. The second kappa shape index (κ2) is 7.21. The molecule has 2 aliphatic heterocycles. The van der Waals surface area contributed by atoms with Crippen LogP contribution in [0.3, 0.4) is 0 Å². The van der Waals surface area contributed by atoms with E-state index in [0.29, 0.717) is 24.0 Å². The van der Waals surface area contributed by atoms with Crippen molar-refractivity contribution in [2.75, 3.05) is 40.4 Å². The van der Waals surface area contributed by atoms with Gasteiger partial charge < -0.3 is 19.7 Å². The van der Waals surface area contributed by atoms with Crippen LogP contribution in [0.15, 0.2) is 12.1 Å². The molecule has 1 atom stereocenters. The van der Waals surface area contributed by atoms with Crippen LogP contribution >= 0.6 is 0 Å². The van der Waals surface area contributed by atoms with Crippen LogP contribution in [-0.2, 0) is 0 Å². The molecule has 5 heteroatoms. The summed E-state index contributed by atoms with van der Waals surface area (Å²) in [6.45, 7) is 4.21. The highest BCUT2D eigenvalue weighted by molar-refractivity contribution is 5.97. The van der Waals surface area contributed by atoms with E-state index in [1.807, 2.05) is 6.07 Å². The number of benzene rings is 1. The number of ether oxygens (including phenoxy) is 2. The number of fused-ring (bicyclic) bond motifs is 1. The first-order valence-electron chi connectivity index (χ1n) is 8.49. The number of carbonyl (C=O) groups excluding carboxylic acids is 1. The Labute approximate surface area is 137 Å². The summed E-state index contributed by atoms with van der Waals surface area (Å²) >= 11 is 0. The number of nitrogens with one attached hydrogen (secondary N) is 1. The number of amides is 1. The molecule has 5 nitrogen and oxygen atoms in total. The fourth-order valence-corrected chi connectivity index (χ4v) is 3.63. The average Bonchev–Trinajstić information content (AvgIpc) is 2.61. The molecule has 0 aliphatic carbocycles. The molecule has 1 amide bonds. The number of hydrogen-bond acceptors (Lipinski definition) is 4. The van der Waals surface area contributed by atoms with Gasteiger partial charge in [-0.2, -0.15) is 0 Å². The van der Waals surface area contributed by atoms with Crippen molar-refractivity contribution in [2.45, 2.75) is 31.6 Å². The van der Waals surface area contributed by atoms with Crippen molar-refractivity contribution in [3.63, 3.8) is 0 Å². The van der Waals surface area contributed by atoms with Gasteiger partial charge in [-0.25, -0.2) is 0 Å². The van der Waals surface area contributed by atoms with Gasteiger partial charge in [0.05, 0.1) is 14.2 Å². The summed E-state index contributed by atoms with van der Waals surface area (Å²) in [7, 11) is 3.23. The minimum absolute atomic E-state index is 0.0184. The fraction of sp³-hybridized carbons (Fsp3) is 0.611. The van der Waals surface area contributed by atoms with E-state index in [1.165, 1.54) is 32.4 Å². The molecule has 1 aromatic carbocycles. The Balaban J connectivity index is 1.78. The Morgan fingerprint density at radius 1 is 1.13 bits per heavy atom. The lowest BCUT2D eigenvalue weighted by molar-refractivity contribution is 0.0937. The van der Waals surface area contributed by atoms with Crippen molar-refractivity contribution < 1.29 is 14.3 Å². The van der Waals surface area contributed by atoms with Gasteiger partial charge in [-0.05, 0) is 56.6 Å². The summed E-state index contributed by atoms with van der Waals surface area (Å²) in [4.78, 5) is 14.7. The third-order valence-corrected chi connectivity index (χ3v) is 4.99. The molecule has 1 unspecified atom stereocenters. The van der Waals surface area contributed by atoms with Crippen LogP contribution in [0.2, 0.25) is 0 Å². The molecule has 0 spiro atoms. The largest absolute Gasteiger partial charge is 0.493 e. The van der Waals surface area contributed by atoms with Crippen LogP contribution in [-0.4, -0.2) is 51.2 Å². The number of nitrogens with zero attached hydrogens (tertiary/aromatic N) is 1. The van der Waals surface area contributed by atoms with E-state index < -0.39 is 0 Å². The second-order valence-electron chi connectivity index (χ2n) is 6.39. The van der Waals surface area contributed by atoms with E-state index in [1.54, 1.807) is 20.3 Å². The van der Waals surface area contributed by atoms with Crippen LogP contribution in [0.4, 0.5) is 0 Å². The van der Waals surface area contributed by atoms with E-state index >= 15 is 0 Å². The van der Waals surface area contributed by atoms with Crippen LogP contribution < -0.4 is 14.8 Å². The van der Waals surface area contributed by atoms with Crippen LogP contribution in [0, 0.1) is 0 Å². The lowest BCUT2D eigenvalue weighted by Gasteiger charge is -2.31. The van der Waals surface area contributed by atoms with Crippen molar-refractivity contribution in [1.82, 2.24) is 10.2 Å². The molecule has 1 saturated heterocycles. The number of rotatable bonds is 5. The van der Waals surface area contributed by atoms with E-state index in [-0.39, 0.29) is 5.91 Å². The molecule has 0 aromatic heterocycles. The highest BCUT2D eigenvalue weighted by Crippen LogP contribution is 2.36. The Bertz CT molecular complexity index is 568. The maximum absolute atomic E-state index is 12.2. The van der Waals surface area contributed by atoms with Crippen LogP contribution in [0.1, 0.15) is 47.5 Å². The highest BCUT2D eigenvalue weighted by atomic mass is 16.5. The molecule has 0 radical (unpaired) electrons. The highest BCUT2D eigenvalue weighted by Gasteiger charge is 2.28. The molecule has 0 bridgehead atoms. The van der Waals surface area contributed by atoms with Crippen molar-refractivity contribution in [3.8, 4) is 11.5 Å². The minimum Gasteiger partial charge on any atom is -0.493 e. The molecule has 1 aromatic rings. The lowest BCUT2D eigenvalue weighted by Crippen LogP contribution is -2.37. The lowest BCUT2D eigenvalue weighted by atomic mass is 9.87. The zero-order valence-corrected chi connectivity index (χ0v) is 14.1. The third kappa shape index (κ3) is 3.44. The van der Waals surface area contributed by atoms with Gasteiger partial charge in [0, 0.05) is 18.0 Å². The zero-order valence-electron chi connectivity index (χ0n) is 14.1. The molecule has 1 N–H and O–H groups in total. The standard InChI is InChI=1S/C18H26N2O3/c1-22-16-10-14-13(6-9-20-7-4-3-5-8-20)12-19-18(21)15(14)11-17(16)23-2/h10-11,13H,3-9,12H2,1-2H3,(H,19,21). The first-order valence-corrected chi connectivity index (χ1v) is 8.49. The molecule has 3 rings (SSSR count). The second-order valence-corrected chi connectivity index (χ2v) is 6.39. The maximum Gasteiger partial charge on any atom is 0.251 e. The predicted molar refractivity (Wildman–Crippen MR) is 89.5 cm³/mol. The van der Waals surface area contributed by atoms with Gasteiger partial charge in [-0.3, -0.25) is 4.79 Å². The normalized spacial score (nSPS) is 21.5. The van der Waals surface area contributed by atoms with Gasteiger partial charge >= 0.3 is 0 Å². The van der Waals surface area contributed by atoms with Crippen molar-refractivity contribution in [3.05, 3.63) is 23.3 Å². The number of carbonyl (C=O) groups is 1. The van der Waals surface area contributed by atoms with Gasteiger partial charge in [0.2, 0.25) is 0 Å². The molecule has 0 saturated carbocycles. The Morgan fingerprint density at radius 2 is 1.83 bits per heavy atom. The third-order valence-electron chi connectivity index (χ3n) is 4.99. The Kier molecular flexibility index (Phi) is 5.06. The maximum atomic E-state index is 12.2. The van der Waals surface area contributed by atoms with Gasteiger partial charge in [0.1, 0.15) is 0 Å². The molecule has 1 fully saturated rings. The van der Waals surface area contributed by atoms with E-state index in [4.69, 9.17) is 9.47 Å². The summed E-state index contributed by atoms with van der Waals surface area (Å²) in [5.41, 5.74) is 1.81. The SMILES string of the molecule is COc1cc2c(cc1OC)C(CCN1CCCCC1)CNC2=O. The first-order chi connectivity index (χ1) is 11.2. The molecule has 2 heterocycles. The monoisotopic (exact) mass is 318 g/mol. The average molecular weight is 318 g/mol. The number of hydrogen-bond donors (Lipinski definition) is 1. The molecular weight excluding hydrogens is 292 g/mol. The van der Waals surface area contributed by atoms with Crippen molar-refractivity contribution in [2.24, 2.45) is 0 Å². The molecular formula is C18H26N2O3. The molecule has 126 valence electrons. The van der Waals surface area contributed by atoms with E-state index in [9.17, 15) is 4.79 Å². The Hall–Kier alpha value is -1.75.